The maximum atomic E-state index is 6.00. The third-order valence-electron chi connectivity index (χ3n) is 2.38. The summed E-state index contributed by atoms with van der Waals surface area (Å²) >= 11 is 0. The van der Waals surface area contributed by atoms with Crippen molar-refractivity contribution in [3.05, 3.63) is 35.9 Å². The average Bonchev–Trinajstić information content (AvgIpc) is 2.19. The van der Waals surface area contributed by atoms with Gasteiger partial charge in [0.1, 0.15) is 0 Å². The molecule has 1 aromatic rings. The Morgan fingerprint density at radius 1 is 1.29 bits per heavy atom. The summed E-state index contributed by atoms with van der Waals surface area (Å²) in [4.78, 5) is 0. The van der Waals surface area contributed by atoms with Crippen LogP contribution in [0.5, 0.6) is 0 Å². The Morgan fingerprint density at radius 2 is 1.93 bits per heavy atom. The molecule has 0 saturated heterocycles. The zero-order valence-electron chi connectivity index (χ0n) is 8.94. The van der Waals surface area contributed by atoms with Crippen LogP contribution in [-0.4, -0.2) is 19.3 Å². The van der Waals surface area contributed by atoms with E-state index in [1.165, 1.54) is 5.56 Å². The lowest BCUT2D eigenvalue weighted by atomic mass is 10.0. The van der Waals surface area contributed by atoms with Gasteiger partial charge in [0.2, 0.25) is 0 Å². The first-order valence-electron chi connectivity index (χ1n) is 5.04. The second-order valence-corrected chi connectivity index (χ2v) is 3.73. The minimum Gasteiger partial charge on any atom is -0.382 e. The highest BCUT2D eigenvalue weighted by molar-refractivity contribution is 5.15. The van der Waals surface area contributed by atoms with Gasteiger partial charge < -0.3 is 10.5 Å². The SMILES string of the molecule is COC(C)CC(N)Cc1ccccc1. The zero-order chi connectivity index (χ0) is 10.4. The largest absolute Gasteiger partial charge is 0.382 e. The van der Waals surface area contributed by atoms with Crippen molar-refractivity contribution in [2.45, 2.75) is 31.9 Å². The summed E-state index contributed by atoms with van der Waals surface area (Å²) in [6.07, 6.45) is 2.08. The fourth-order valence-electron chi connectivity index (χ4n) is 1.52. The molecule has 2 unspecified atom stereocenters. The highest BCUT2D eigenvalue weighted by Gasteiger charge is 2.08. The number of methoxy groups -OCH3 is 1. The van der Waals surface area contributed by atoms with Gasteiger partial charge in [-0.2, -0.15) is 0 Å². The van der Waals surface area contributed by atoms with Crippen molar-refractivity contribution >= 4 is 0 Å². The van der Waals surface area contributed by atoms with Gasteiger partial charge >= 0.3 is 0 Å². The summed E-state index contributed by atoms with van der Waals surface area (Å²) in [5, 5.41) is 0. The van der Waals surface area contributed by atoms with Crippen LogP contribution in [0.3, 0.4) is 0 Å². The van der Waals surface area contributed by atoms with Crippen LogP contribution >= 0.6 is 0 Å². The van der Waals surface area contributed by atoms with Crippen LogP contribution in [0, 0.1) is 0 Å². The third kappa shape index (κ3) is 3.90. The Balaban J connectivity index is 2.37. The van der Waals surface area contributed by atoms with Gasteiger partial charge in [0, 0.05) is 13.2 Å². The maximum absolute atomic E-state index is 6.00. The molecule has 14 heavy (non-hydrogen) atoms. The lowest BCUT2D eigenvalue weighted by Crippen LogP contribution is -2.27. The quantitative estimate of drug-likeness (QED) is 0.776. The van der Waals surface area contributed by atoms with Crippen molar-refractivity contribution in [1.82, 2.24) is 0 Å². The molecule has 0 amide bonds. The molecule has 0 radical (unpaired) electrons. The highest BCUT2D eigenvalue weighted by Crippen LogP contribution is 2.06. The first-order chi connectivity index (χ1) is 6.72. The molecule has 0 aliphatic carbocycles. The first kappa shape index (κ1) is 11.2. The molecule has 0 heterocycles. The van der Waals surface area contributed by atoms with Crippen molar-refractivity contribution in [3.8, 4) is 0 Å². The second-order valence-electron chi connectivity index (χ2n) is 3.73. The average molecular weight is 193 g/mol. The van der Waals surface area contributed by atoms with Gasteiger partial charge in [-0.25, -0.2) is 0 Å². The van der Waals surface area contributed by atoms with Gasteiger partial charge in [0.15, 0.2) is 0 Å². The van der Waals surface area contributed by atoms with E-state index in [0.29, 0.717) is 0 Å². The van der Waals surface area contributed by atoms with E-state index in [1.54, 1.807) is 7.11 Å². The van der Waals surface area contributed by atoms with E-state index in [4.69, 9.17) is 10.5 Å². The van der Waals surface area contributed by atoms with Crippen LogP contribution in [0.15, 0.2) is 30.3 Å². The van der Waals surface area contributed by atoms with Crippen molar-refractivity contribution in [1.29, 1.82) is 0 Å². The Hall–Kier alpha value is -0.860. The molecule has 2 heteroatoms. The molecule has 0 aliphatic heterocycles. The molecule has 0 bridgehead atoms. The number of hydrogen-bond donors (Lipinski definition) is 1. The topological polar surface area (TPSA) is 35.2 Å². The summed E-state index contributed by atoms with van der Waals surface area (Å²) in [6.45, 7) is 2.05. The predicted octanol–water partition coefficient (Wildman–Crippen LogP) is 1.98. The smallest absolute Gasteiger partial charge is 0.0558 e. The molecule has 1 aromatic carbocycles. The van der Waals surface area contributed by atoms with Crippen molar-refractivity contribution in [3.63, 3.8) is 0 Å². The third-order valence-corrected chi connectivity index (χ3v) is 2.38. The lowest BCUT2D eigenvalue weighted by molar-refractivity contribution is 0.104. The van der Waals surface area contributed by atoms with Gasteiger partial charge in [-0.3, -0.25) is 0 Å². The van der Waals surface area contributed by atoms with Crippen LogP contribution < -0.4 is 5.73 Å². The van der Waals surface area contributed by atoms with Gasteiger partial charge in [0.25, 0.3) is 0 Å². The molecule has 2 atom stereocenters. The van der Waals surface area contributed by atoms with Crippen LogP contribution in [0.1, 0.15) is 18.9 Å². The Kier molecular flexibility index (Phi) is 4.63. The zero-order valence-corrected chi connectivity index (χ0v) is 8.94. The number of benzene rings is 1. The fourth-order valence-corrected chi connectivity index (χ4v) is 1.52. The van der Waals surface area contributed by atoms with Gasteiger partial charge in [0.05, 0.1) is 6.10 Å². The Morgan fingerprint density at radius 3 is 2.50 bits per heavy atom. The Labute approximate surface area is 86.1 Å². The van der Waals surface area contributed by atoms with E-state index in [0.717, 1.165) is 12.8 Å². The number of nitrogens with two attached hydrogens (primary N) is 1. The molecule has 0 saturated carbocycles. The molecule has 0 fully saturated rings. The van der Waals surface area contributed by atoms with E-state index in [9.17, 15) is 0 Å². The molecule has 2 nitrogen and oxygen atoms in total. The maximum Gasteiger partial charge on any atom is 0.0558 e. The first-order valence-corrected chi connectivity index (χ1v) is 5.04. The van der Waals surface area contributed by atoms with Crippen LogP contribution in [0.2, 0.25) is 0 Å². The van der Waals surface area contributed by atoms with Gasteiger partial charge in [-0.1, -0.05) is 30.3 Å². The molecule has 0 aliphatic rings. The van der Waals surface area contributed by atoms with Crippen LogP contribution in [0.4, 0.5) is 0 Å². The predicted molar refractivity (Wildman–Crippen MR) is 59.2 cm³/mol. The molecule has 2 N–H and O–H groups in total. The highest BCUT2D eigenvalue weighted by atomic mass is 16.5. The summed E-state index contributed by atoms with van der Waals surface area (Å²) in [7, 11) is 1.72. The lowest BCUT2D eigenvalue weighted by Gasteiger charge is -2.15. The summed E-state index contributed by atoms with van der Waals surface area (Å²) in [6, 6.07) is 10.5. The molecular formula is C12H19NO. The fraction of sp³-hybridized carbons (Fsp3) is 0.500. The molecule has 78 valence electrons. The summed E-state index contributed by atoms with van der Waals surface area (Å²) in [5.74, 6) is 0. The summed E-state index contributed by atoms with van der Waals surface area (Å²) < 4.78 is 5.18. The van der Waals surface area contributed by atoms with Crippen LogP contribution in [-0.2, 0) is 11.2 Å². The molecule has 1 rings (SSSR count). The van der Waals surface area contributed by atoms with E-state index in [2.05, 4.69) is 12.1 Å². The van der Waals surface area contributed by atoms with Crippen LogP contribution in [0.25, 0.3) is 0 Å². The van der Waals surface area contributed by atoms with Crippen molar-refractivity contribution in [2.75, 3.05) is 7.11 Å². The minimum atomic E-state index is 0.187. The monoisotopic (exact) mass is 193 g/mol. The number of rotatable bonds is 5. The van der Waals surface area contributed by atoms with Gasteiger partial charge in [-0.05, 0) is 25.3 Å². The van der Waals surface area contributed by atoms with E-state index in [-0.39, 0.29) is 12.1 Å². The Bertz CT molecular complexity index is 248. The second kappa shape index (κ2) is 5.78. The number of hydrogen-bond acceptors (Lipinski definition) is 2. The van der Waals surface area contributed by atoms with Crippen molar-refractivity contribution in [2.24, 2.45) is 5.73 Å². The van der Waals surface area contributed by atoms with Crippen molar-refractivity contribution < 1.29 is 4.74 Å². The van der Waals surface area contributed by atoms with Gasteiger partial charge in [-0.15, -0.1) is 0 Å². The number of ether oxygens (including phenoxy) is 1. The molecule has 0 spiro atoms. The van der Waals surface area contributed by atoms with E-state index < -0.39 is 0 Å². The normalized spacial score (nSPS) is 15.1. The van der Waals surface area contributed by atoms with E-state index in [1.807, 2.05) is 25.1 Å². The summed E-state index contributed by atoms with van der Waals surface area (Å²) in [5.41, 5.74) is 7.30. The standard InChI is InChI=1S/C12H19NO/c1-10(14-2)8-12(13)9-11-6-4-3-5-7-11/h3-7,10,12H,8-9,13H2,1-2H3. The molecular weight excluding hydrogens is 174 g/mol. The van der Waals surface area contributed by atoms with E-state index >= 15 is 0 Å². The molecule has 0 aromatic heterocycles. The minimum absolute atomic E-state index is 0.187.